The molecule has 16 heavy (non-hydrogen) atoms. The molecule has 0 unspecified atom stereocenters. The van der Waals surface area contributed by atoms with Crippen molar-refractivity contribution in [3.8, 4) is 0 Å². The molecule has 0 aliphatic heterocycles. The van der Waals surface area contributed by atoms with Crippen molar-refractivity contribution in [3.63, 3.8) is 0 Å². The summed E-state index contributed by atoms with van der Waals surface area (Å²) in [5.41, 5.74) is 1.90. The van der Waals surface area contributed by atoms with Crippen molar-refractivity contribution in [3.05, 3.63) is 28.2 Å². The highest BCUT2D eigenvalue weighted by Crippen LogP contribution is 2.31. The molecule has 88 valence electrons. The number of anilines is 1. The molecule has 1 aromatic carbocycles. The van der Waals surface area contributed by atoms with Crippen molar-refractivity contribution in [2.45, 2.75) is 32.7 Å². The van der Waals surface area contributed by atoms with Crippen LogP contribution in [0.25, 0.3) is 0 Å². The zero-order valence-corrected chi connectivity index (χ0v) is 11.8. The lowest BCUT2D eigenvalue weighted by Gasteiger charge is -2.37. The number of benzene rings is 1. The van der Waals surface area contributed by atoms with Crippen molar-refractivity contribution in [2.75, 3.05) is 11.9 Å². The maximum absolute atomic E-state index is 10.7. The Bertz CT molecular complexity index is 388. The lowest BCUT2D eigenvalue weighted by molar-refractivity contribution is 0.112. The van der Waals surface area contributed by atoms with Gasteiger partial charge in [0.2, 0.25) is 0 Å². The van der Waals surface area contributed by atoms with Crippen LogP contribution in [0.2, 0.25) is 0 Å². The van der Waals surface area contributed by atoms with Gasteiger partial charge in [0.15, 0.2) is 0 Å². The topological polar surface area (TPSA) is 20.3 Å². The maximum Gasteiger partial charge on any atom is 0.150 e. The minimum absolute atomic E-state index is 0.102. The molecule has 0 atom stereocenters. The normalized spacial score (nSPS) is 11.3. The van der Waals surface area contributed by atoms with Crippen LogP contribution in [-0.2, 0) is 0 Å². The number of rotatable bonds is 4. The van der Waals surface area contributed by atoms with Gasteiger partial charge in [0.1, 0.15) is 6.29 Å². The molecule has 0 fully saturated rings. The van der Waals surface area contributed by atoms with Crippen LogP contribution in [0.3, 0.4) is 0 Å². The summed E-state index contributed by atoms with van der Waals surface area (Å²) < 4.78 is 0.959. The first-order chi connectivity index (χ1) is 7.42. The first kappa shape index (κ1) is 13.2. The smallest absolute Gasteiger partial charge is 0.150 e. The number of halogens is 1. The summed E-state index contributed by atoms with van der Waals surface area (Å²) >= 11 is 3.51. The molecule has 0 radical (unpaired) electrons. The van der Waals surface area contributed by atoms with Crippen LogP contribution in [0, 0.1) is 0 Å². The highest BCUT2D eigenvalue weighted by molar-refractivity contribution is 9.10. The van der Waals surface area contributed by atoms with Gasteiger partial charge in [0.05, 0.1) is 5.69 Å². The Morgan fingerprint density at radius 3 is 2.50 bits per heavy atom. The average Bonchev–Trinajstić information content (AvgIpc) is 2.28. The SMILES string of the molecule is CCC(C)(C)N(C)c1ccc(C=O)cc1Br. The fourth-order valence-electron chi connectivity index (χ4n) is 1.43. The lowest BCUT2D eigenvalue weighted by atomic mass is 9.99. The molecule has 1 rings (SSSR count). The second kappa shape index (κ2) is 5.00. The van der Waals surface area contributed by atoms with Gasteiger partial charge in [0.25, 0.3) is 0 Å². The van der Waals surface area contributed by atoms with E-state index < -0.39 is 0 Å². The Labute approximate surface area is 106 Å². The van der Waals surface area contributed by atoms with E-state index in [9.17, 15) is 4.79 Å². The Kier molecular flexibility index (Phi) is 4.14. The van der Waals surface area contributed by atoms with E-state index in [1.165, 1.54) is 0 Å². The molecule has 1 aromatic rings. The van der Waals surface area contributed by atoms with Crippen molar-refractivity contribution < 1.29 is 4.79 Å². The highest BCUT2D eigenvalue weighted by atomic mass is 79.9. The molecule has 0 spiro atoms. The minimum Gasteiger partial charge on any atom is -0.369 e. The zero-order valence-electron chi connectivity index (χ0n) is 10.2. The van der Waals surface area contributed by atoms with Gasteiger partial charge < -0.3 is 4.90 Å². The second-order valence-electron chi connectivity index (χ2n) is 4.55. The van der Waals surface area contributed by atoms with Crippen molar-refractivity contribution in [1.29, 1.82) is 0 Å². The molecule has 0 bridgehead atoms. The van der Waals surface area contributed by atoms with Gasteiger partial charge in [-0.05, 0) is 54.4 Å². The van der Waals surface area contributed by atoms with Gasteiger partial charge in [-0.1, -0.05) is 6.92 Å². The third-order valence-corrected chi connectivity index (χ3v) is 3.88. The standard InChI is InChI=1S/C13H18BrNO/c1-5-13(2,3)15(4)12-7-6-10(9-16)8-11(12)14/h6-9H,5H2,1-4H3. The van der Waals surface area contributed by atoms with Crippen LogP contribution in [-0.4, -0.2) is 18.9 Å². The molecule has 0 aliphatic carbocycles. The van der Waals surface area contributed by atoms with Crippen LogP contribution in [0.15, 0.2) is 22.7 Å². The Balaban J connectivity index is 3.09. The third kappa shape index (κ3) is 2.64. The van der Waals surface area contributed by atoms with E-state index in [4.69, 9.17) is 0 Å². The number of hydrogen-bond acceptors (Lipinski definition) is 2. The van der Waals surface area contributed by atoms with Crippen molar-refractivity contribution in [1.82, 2.24) is 0 Å². The Hall–Kier alpha value is -0.830. The fraction of sp³-hybridized carbons (Fsp3) is 0.462. The third-order valence-electron chi connectivity index (χ3n) is 3.24. The lowest BCUT2D eigenvalue weighted by Crippen LogP contribution is -2.40. The van der Waals surface area contributed by atoms with Crippen LogP contribution < -0.4 is 4.90 Å². The van der Waals surface area contributed by atoms with Gasteiger partial charge in [-0.3, -0.25) is 4.79 Å². The number of nitrogens with zero attached hydrogens (tertiary/aromatic N) is 1. The van der Waals surface area contributed by atoms with Gasteiger partial charge >= 0.3 is 0 Å². The van der Waals surface area contributed by atoms with E-state index in [1.807, 2.05) is 18.2 Å². The molecule has 3 heteroatoms. The molecular formula is C13H18BrNO. The van der Waals surface area contributed by atoms with Crippen LogP contribution in [0.4, 0.5) is 5.69 Å². The minimum atomic E-state index is 0.102. The van der Waals surface area contributed by atoms with E-state index in [0.29, 0.717) is 5.56 Å². The summed E-state index contributed by atoms with van der Waals surface area (Å²) in [6.07, 6.45) is 1.92. The summed E-state index contributed by atoms with van der Waals surface area (Å²) in [4.78, 5) is 12.9. The molecular weight excluding hydrogens is 266 g/mol. The van der Waals surface area contributed by atoms with Gasteiger partial charge in [0, 0.05) is 22.6 Å². The van der Waals surface area contributed by atoms with E-state index in [1.54, 1.807) is 0 Å². The van der Waals surface area contributed by atoms with Gasteiger partial charge in [-0.25, -0.2) is 0 Å². The van der Waals surface area contributed by atoms with Crippen molar-refractivity contribution in [2.24, 2.45) is 0 Å². The maximum atomic E-state index is 10.7. The first-order valence-electron chi connectivity index (χ1n) is 5.41. The first-order valence-corrected chi connectivity index (χ1v) is 6.20. The quantitative estimate of drug-likeness (QED) is 0.782. The largest absolute Gasteiger partial charge is 0.369 e. The monoisotopic (exact) mass is 283 g/mol. The van der Waals surface area contributed by atoms with E-state index in [2.05, 4.69) is 48.6 Å². The molecule has 0 heterocycles. The number of carbonyl (C=O) groups excluding carboxylic acids is 1. The number of carbonyl (C=O) groups is 1. The molecule has 0 N–H and O–H groups in total. The summed E-state index contributed by atoms with van der Waals surface area (Å²) in [6, 6.07) is 5.67. The second-order valence-corrected chi connectivity index (χ2v) is 5.41. The molecule has 0 aliphatic rings. The summed E-state index contributed by atoms with van der Waals surface area (Å²) in [6.45, 7) is 6.57. The Morgan fingerprint density at radius 1 is 1.44 bits per heavy atom. The zero-order chi connectivity index (χ0) is 12.3. The highest BCUT2D eigenvalue weighted by Gasteiger charge is 2.22. The number of aldehydes is 1. The Morgan fingerprint density at radius 2 is 2.06 bits per heavy atom. The molecule has 0 saturated heterocycles. The molecule has 2 nitrogen and oxygen atoms in total. The number of hydrogen-bond donors (Lipinski definition) is 0. The van der Waals surface area contributed by atoms with E-state index >= 15 is 0 Å². The predicted octanol–water partition coefficient (Wildman–Crippen LogP) is 3.89. The van der Waals surface area contributed by atoms with E-state index in [-0.39, 0.29) is 5.54 Å². The van der Waals surface area contributed by atoms with Gasteiger partial charge in [-0.2, -0.15) is 0 Å². The van der Waals surface area contributed by atoms with Crippen LogP contribution >= 0.6 is 15.9 Å². The molecule has 0 aromatic heterocycles. The fourth-order valence-corrected chi connectivity index (χ4v) is 2.09. The molecule has 0 amide bonds. The summed E-state index contributed by atoms with van der Waals surface area (Å²) in [7, 11) is 2.07. The predicted molar refractivity (Wildman–Crippen MR) is 72.3 cm³/mol. The van der Waals surface area contributed by atoms with Crippen LogP contribution in [0.5, 0.6) is 0 Å². The molecule has 0 saturated carbocycles. The average molecular weight is 284 g/mol. The van der Waals surface area contributed by atoms with Crippen molar-refractivity contribution >= 4 is 27.9 Å². The van der Waals surface area contributed by atoms with Gasteiger partial charge in [-0.15, -0.1) is 0 Å². The van der Waals surface area contributed by atoms with E-state index in [0.717, 1.165) is 22.9 Å². The summed E-state index contributed by atoms with van der Waals surface area (Å²) in [5, 5.41) is 0. The van der Waals surface area contributed by atoms with Crippen LogP contribution in [0.1, 0.15) is 37.6 Å². The summed E-state index contributed by atoms with van der Waals surface area (Å²) in [5.74, 6) is 0.